The minimum Gasteiger partial charge on any atom is -0.482 e. The number of ether oxygens (including phenoxy) is 1. The van der Waals surface area contributed by atoms with E-state index in [2.05, 4.69) is 26.0 Å². The highest BCUT2D eigenvalue weighted by molar-refractivity contribution is 9.10. The van der Waals surface area contributed by atoms with Crippen LogP contribution in [-0.4, -0.2) is 20.9 Å². The fourth-order valence-electron chi connectivity index (χ4n) is 2.54. The van der Waals surface area contributed by atoms with Gasteiger partial charge >= 0.3 is 0 Å². The summed E-state index contributed by atoms with van der Waals surface area (Å²) >= 11 is 9.26. The van der Waals surface area contributed by atoms with Crippen LogP contribution >= 0.6 is 27.5 Å². The average molecular weight is 528 g/mol. The summed E-state index contributed by atoms with van der Waals surface area (Å²) in [7, 11) is -3.79. The molecule has 0 saturated carbocycles. The normalized spacial score (nSPS) is 11.2. The molecule has 0 aromatic heterocycles. The number of anilines is 1. The first-order chi connectivity index (χ1) is 14.7. The number of amides is 1. The van der Waals surface area contributed by atoms with Crippen molar-refractivity contribution in [2.24, 2.45) is 0 Å². The first-order valence-electron chi connectivity index (χ1n) is 8.95. The molecule has 3 rings (SSSR count). The molecule has 0 aliphatic carbocycles. The zero-order valence-electron chi connectivity index (χ0n) is 15.9. The predicted molar refractivity (Wildman–Crippen MR) is 120 cm³/mol. The molecule has 3 aromatic carbocycles. The minimum absolute atomic E-state index is 0.00817. The molecule has 162 valence electrons. The van der Waals surface area contributed by atoms with Crippen molar-refractivity contribution in [1.82, 2.24) is 4.72 Å². The lowest BCUT2D eigenvalue weighted by Crippen LogP contribution is -2.23. The Morgan fingerprint density at radius 1 is 1.06 bits per heavy atom. The summed E-state index contributed by atoms with van der Waals surface area (Å²) in [5.74, 6) is -1.08. The molecule has 2 N–H and O–H groups in total. The van der Waals surface area contributed by atoms with Crippen LogP contribution in [0.3, 0.4) is 0 Å². The standard InChI is InChI=1S/C21H17BrClFN2O4S/c22-15-6-8-19(18(24)10-15)26-21(27)13-30-20-9-7-16(11-17(20)23)31(28,29)25-12-14-4-2-1-3-5-14/h1-11,25H,12-13H2,(H,26,27). The minimum atomic E-state index is -3.79. The fraction of sp³-hybridized carbons (Fsp3) is 0.0952. The van der Waals surface area contributed by atoms with Crippen LogP contribution in [0.5, 0.6) is 5.75 Å². The van der Waals surface area contributed by atoms with E-state index in [-0.39, 0.29) is 27.9 Å². The second kappa shape index (κ2) is 10.2. The lowest BCUT2D eigenvalue weighted by Gasteiger charge is -2.11. The van der Waals surface area contributed by atoms with Crippen molar-refractivity contribution in [1.29, 1.82) is 0 Å². The Bertz CT molecular complexity index is 1190. The van der Waals surface area contributed by atoms with E-state index in [1.54, 1.807) is 18.2 Å². The van der Waals surface area contributed by atoms with Crippen molar-refractivity contribution in [2.45, 2.75) is 11.4 Å². The average Bonchev–Trinajstić information content (AvgIpc) is 2.74. The molecule has 0 aliphatic rings. The first-order valence-corrected chi connectivity index (χ1v) is 11.6. The predicted octanol–water partition coefficient (Wildman–Crippen LogP) is 4.74. The molecule has 0 heterocycles. The molecule has 0 saturated heterocycles. The second-order valence-electron chi connectivity index (χ2n) is 6.36. The first kappa shape index (κ1) is 23.2. The molecular weight excluding hydrogens is 511 g/mol. The highest BCUT2D eigenvalue weighted by Gasteiger charge is 2.17. The monoisotopic (exact) mass is 526 g/mol. The van der Waals surface area contributed by atoms with Gasteiger partial charge in [0.2, 0.25) is 10.0 Å². The van der Waals surface area contributed by atoms with Crippen LogP contribution in [-0.2, 0) is 21.4 Å². The molecule has 0 fully saturated rings. The van der Waals surface area contributed by atoms with Crippen LogP contribution in [0.4, 0.5) is 10.1 Å². The third kappa shape index (κ3) is 6.51. The van der Waals surface area contributed by atoms with Gasteiger partial charge in [-0.2, -0.15) is 0 Å². The maximum Gasteiger partial charge on any atom is 0.262 e. The summed E-state index contributed by atoms with van der Waals surface area (Å²) in [4.78, 5) is 12.0. The van der Waals surface area contributed by atoms with Crippen LogP contribution in [0.25, 0.3) is 0 Å². The molecule has 1 amide bonds. The lowest BCUT2D eigenvalue weighted by atomic mass is 10.2. The highest BCUT2D eigenvalue weighted by atomic mass is 79.9. The Labute approximate surface area is 192 Å². The molecular formula is C21H17BrClFN2O4S. The number of sulfonamides is 1. The third-order valence-electron chi connectivity index (χ3n) is 4.09. The van der Waals surface area contributed by atoms with Gasteiger partial charge in [-0.05, 0) is 42.0 Å². The van der Waals surface area contributed by atoms with Crippen LogP contribution in [0, 0.1) is 5.82 Å². The molecule has 0 atom stereocenters. The van der Waals surface area contributed by atoms with Crippen molar-refractivity contribution in [3.05, 3.63) is 87.6 Å². The van der Waals surface area contributed by atoms with Gasteiger partial charge in [0.05, 0.1) is 15.6 Å². The van der Waals surface area contributed by atoms with Gasteiger partial charge < -0.3 is 10.1 Å². The van der Waals surface area contributed by atoms with Gasteiger partial charge in [0.25, 0.3) is 5.91 Å². The molecule has 0 radical (unpaired) electrons. The maximum absolute atomic E-state index is 13.8. The summed E-state index contributed by atoms with van der Waals surface area (Å²) in [5, 5.41) is 2.41. The van der Waals surface area contributed by atoms with Gasteiger partial charge in [-0.15, -0.1) is 0 Å². The van der Waals surface area contributed by atoms with Crippen molar-refractivity contribution in [2.75, 3.05) is 11.9 Å². The fourth-order valence-corrected chi connectivity index (χ4v) is 4.22. The number of carbonyl (C=O) groups excluding carboxylic acids is 1. The van der Waals surface area contributed by atoms with Crippen LogP contribution in [0.15, 0.2) is 76.1 Å². The Balaban J connectivity index is 1.60. The van der Waals surface area contributed by atoms with Crippen LogP contribution in [0.2, 0.25) is 5.02 Å². The molecule has 0 unspecified atom stereocenters. The highest BCUT2D eigenvalue weighted by Crippen LogP contribution is 2.27. The van der Waals surface area contributed by atoms with Gasteiger partial charge in [0, 0.05) is 11.0 Å². The van der Waals surface area contributed by atoms with Gasteiger partial charge in [-0.1, -0.05) is 57.9 Å². The lowest BCUT2D eigenvalue weighted by molar-refractivity contribution is -0.118. The molecule has 0 spiro atoms. The molecule has 6 nitrogen and oxygen atoms in total. The molecule has 10 heteroatoms. The van der Waals surface area contributed by atoms with Crippen molar-refractivity contribution in [3.8, 4) is 5.75 Å². The largest absolute Gasteiger partial charge is 0.482 e. The molecule has 3 aromatic rings. The quantitative estimate of drug-likeness (QED) is 0.443. The summed E-state index contributed by atoms with van der Waals surface area (Å²) < 4.78 is 47.1. The molecule has 31 heavy (non-hydrogen) atoms. The van der Waals surface area contributed by atoms with E-state index in [9.17, 15) is 17.6 Å². The number of hydrogen-bond acceptors (Lipinski definition) is 4. The summed E-state index contributed by atoms with van der Waals surface area (Å²) in [6.07, 6.45) is 0. The van der Waals surface area contributed by atoms with Gasteiger partial charge in [0.15, 0.2) is 6.61 Å². The smallest absolute Gasteiger partial charge is 0.262 e. The van der Waals surface area contributed by atoms with Crippen LogP contribution < -0.4 is 14.8 Å². The third-order valence-corrected chi connectivity index (χ3v) is 6.27. The Morgan fingerprint density at radius 3 is 2.48 bits per heavy atom. The van der Waals surface area contributed by atoms with Gasteiger partial charge in [-0.25, -0.2) is 17.5 Å². The van der Waals surface area contributed by atoms with Crippen molar-refractivity contribution >= 4 is 49.1 Å². The summed E-state index contributed by atoms with van der Waals surface area (Å²) in [6.45, 7) is -0.306. The Morgan fingerprint density at radius 2 is 1.81 bits per heavy atom. The van der Waals surface area contributed by atoms with Gasteiger partial charge in [0.1, 0.15) is 11.6 Å². The van der Waals surface area contributed by atoms with E-state index in [1.165, 1.54) is 30.3 Å². The Kier molecular flexibility index (Phi) is 7.66. The van der Waals surface area contributed by atoms with E-state index in [0.29, 0.717) is 4.47 Å². The second-order valence-corrected chi connectivity index (χ2v) is 9.45. The van der Waals surface area contributed by atoms with E-state index < -0.39 is 28.4 Å². The zero-order valence-corrected chi connectivity index (χ0v) is 19.1. The maximum atomic E-state index is 13.8. The molecule has 0 aliphatic heterocycles. The number of nitrogens with one attached hydrogen (secondary N) is 2. The Hall–Kier alpha value is -2.46. The topological polar surface area (TPSA) is 84.5 Å². The number of hydrogen-bond donors (Lipinski definition) is 2. The number of rotatable bonds is 8. The SMILES string of the molecule is O=C(COc1ccc(S(=O)(=O)NCc2ccccc2)cc1Cl)Nc1ccc(Br)cc1F. The van der Waals surface area contributed by atoms with Gasteiger partial charge in [-0.3, -0.25) is 4.79 Å². The van der Waals surface area contributed by atoms with Crippen molar-refractivity contribution < 1.29 is 22.3 Å². The molecule has 0 bridgehead atoms. The van der Waals surface area contributed by atoms with E-state index in [4.69, 9.17) is 16.3 Å². The van der Waals surface area contributed by atoms with E-state index in [0.717, 1.165) is 5.56 Å². The summed E-state index contributed by atoms with van der Waals surface area (Å²) in [5.41, 5.74) is 0.819. The number of benzene rings is 3. The van der Waals surface area contributed by atoms with Crippen LogP contribution in [0.1, 0.15) is 5.56 Å². The van der Waals surface area contributed by atoms with E-state index >= 15 is 0 Å². The summed E-state index contributed by atoms with van der Waals surface area (Å²) in [6, 6.07) is 17.2. The number of carbonyl (C=O) groups is 1. The number of halogens is 3. The van der Waals surface area contributed by atoms with Crippen molar-refractivity contribution in [3.63, 3.8) is 0 Å². The zero-order chi connectivity index (χ0) is 22.4. The van der Waals surface area contributed by atoms with E-state index in [1.807, 2.05) is 18.2 Å².